The number of hydrogen-bond acceptors (Lipinski definition) is 4. The minimum atomic E-state index is -3.08. The van der Waals surface area contributed by atoms with Crippen LogP contribution < -0.4 is 10.1 Å². The maximum Gasteiger partial charge on any atom is 0.261 e. The lowest BCUT2D eigenvalue weighted by Gasteiger charge is -2.26. The maximum atomic E-state index is 12.2. The van der Waals surface area contributed by atoms with Gasteiger partial charge in [-0.25, -0.2) is 8.42 Å². The number of carbonyl (C=O) groups excluding carboxylic acids is 1. The number of ether oxygens (including phenoxy) is 1. The second-order valence-electron chi connectivity index (χ2n) is 5.73. The summed E-state index contributed by atoms with van der Waals surface area (Å²) >= 11 is 11.7. The largest absolute Gasteiger partial charge is 0.481 e. The van der Waals surface area contributed by atoms with Gasteiger partial charge in [-0.15, -0.1) is 0 Å². The SMILES string of the molecule is CC(Oc1ccc(Cl)c(Cl)c1)C(=O)NC1(C)CCS(=O)(=O)C1. The van der Waals surface area contributed by atoms with E-state index in [0.717, 1.165) is 0 Å². The first-order valence-electron chi connectivity index (χ1n) is 6.74. The van der Waals surface area contributed by atoms with Gasteiger partial charge in [0.2, 0.25) is 0 Å². The molecule has 0 bridgehead atoms. The standard InChI is InChI=1S/C14H17Cl2NO4S/c1-9(21-10-3-4-11(15)12(16)7-10)13(18)17-14(2)5-6-22(19,20)8-14/h3-4,7,9H,5-6,8H2,1-2H3,(H,17,18). The summed E-state index contributed by atoms with van der Waals surface area (Å²) < 4.78 is 28.6. The number of rotatable bonds is 4. The summed E-state index contributed by atoms with van der Waals surface area (Å²) in [5, 5.41) is 3.49. The zero-order valence-electron chi connectivity index (χ0n) is 12.2. The molecule has 1 amide bonds. The van der Waals surface area contributed by atoms with Gasteiger partial charge in [0.15, 0.2) is 15.9 Å². The van der Waals surface area contributed by atoms with Gasteiger partial charge in [0.05, 0.1) is 27.1 Å². The molecular formula is C14H17Cl2NO4S. The summed E-state index contributed by atoms with van der Waals surface area (Å²) in [6, 6.07) is 4.71. The lowest BCUT2D eigenvalue weighted by Crippen LogP contribution is -2.51. The monoisotopic (exact) mass is 365 g/mol. The molecule has 1 saturated heterocycles. The van der Waals surface area contributed by atoms with E-state index in [1.807, 2.05) is 0 Å². The molecule has 0 radical (unpaired) electrons. The number of hydrogen-bond donors (Lipinski definition) is 1. The van der Waals surface area contributed by atoms with Crippen LogP contribution in [0, 0.1) is 0 Å². The second-order valence-corrected chi connectivity index (χ2v) is 8.73. The molecular weight excluding hydrogens is 349 g/mol. The molecule has 0 aliphatic carbocycles. The Morgan fingerprint density at radius 2 is 2.05 bits per heavy atom. The molecule has 1 aromatic carbocycles. The molecule has 0 spiro atoms. The molecule has 1 N–H and O–H groups in total. The average molecular weight is 366 g/mol. The number of amides is 1. The quantitative estimate of drug-likeness (QED) is 0.889. The minimum Gasteiger partial charge on any atom is -0.481 e. The van der Waals surface area contributed by atoms with Crippen molar-refractivity contribution in [1.82, 2.24) is 5.32 Å². The molecule has 2 atom stereocenters. The van der Waals surface area contributed by atoms with Crippen molar-refractivity contribution in [3.8, 4) is 5.75 Å². The highest BCUT2D eigenvalue weighted by Gasteiger charge is 2.40. The van der Waals surface area contributed by atoms with Crippen molar-refractivity contribution in [2.75, 3.05) is 11.5 Å². The summed E-state index contributed by atoms with van der Waals surface area (Å²) in [7, 11) is -3.08. The molecule has 122 valence electrons. The molecule has 1 aliphatic heterocycles. The zero-order valence-corrected chi connectivity index (χ0v) is 14.6. The van der Waals surface area contributed by atoms with Gasteiger partial charge in [0, 0.05) is 6.07 Å². The van der Waals surface area contributed by atoms with Gasteiger partial charge in [-0.2, -0.15) is 0 Å². The van der Waals surface area contributed by atoms with E-state index in [4.69, 9.17) is 27.9 Å². The Morgan fingerprint density at radius 3 is 2.59 bits per heavy atom. The molecule has 1 aromatic rings. The van der Waals surface area contributed by atoms with Crippen LogP contribution in [0.3, 0.4) is 0 Å². The van der Waals surface area contributed by atoms with Gasteiger partial charge < -0.3 is 10.1 Å². The van der Waals surface area contributed by atoms with Crippen LogP contribution in [0.15, 0.2) is 18.2 Å². The molecule has 22 heavy (non-hydrogen) atoms. The Bertz CT molecular complexity index is 692. The summed E-state index contributed by atoms with van der Waals surface area (Å²) in [6.07, 6.45) is -0.377. The fourth-order valence-electron chi connectivity index (χ4n) is 2.32. The molecule has 2 rings (SSSR count). The summed E-state index contributed by atoms with van der Waals surface area (Å²) in [5.41, 5.74) is -0.745. The van der Waals surface area contributed by atoms with Gasteiger partial charge in [-0.3, -0.25) is 4.79 Å². The molecule has 1 fully saturated rings. The second kappa shape index (κ2) is 6.26. The average Bonchev–Trinajstić information content (AvgIpc) is 2.67. The Labute approximate surface area is 139 Å². The molecule has 5 nitrogen and oxygen atoms in total. The van der Waals surface area contributed by atoms with Crippen molar-refractivity contribution in [3.05, 3.63) is 28.2 Å². The molecule has 1 aliphatic rings. The van der Waals surface area contributed by atoms with Crippen LogP contribution in [0.2, 0.25) is 10.0 Å². The molecule has 8 heteroatoms. The van der Waals surface area contributed by atoms with E-state index in [2.05, 4.69) is 5.32 Å². The van der Waals surface area contributed by atoms with Crippen LogP contribution in [0.5, 0.6) is 5.75 Å². The summed E-state index contributed by atoms with van der Waals surface area (Å²) in [4.78, 5) is 12.2. The van der Waals surface area contributed by atoms with Crippen molar-refractivity contribution >= 4 is 38.9 Å². The van der Waals surface area contributed by atoms with Gasteiger partial charge in [-0.1, -0.05) is 23.2 Å². The van der Waals surface area contributed by atoms with Gasteiger partial charge in [0.25, 0.3) is 5.91 Å². The van der Waals surface area contributed by atoms with Crippen LogP contribution in [-0.4, -0.2) is 37.5 Å². The molecule has 0 aromatic heterocycles. The van der Waals surface area contributed by atoms with E-state index in [1.54, 1.807) is 26.0 Å². The topological polar surface area (TPSA) is 72.5 Å². The van der Waals surface area contributed by atoms with E-state index in [-0.39, 0.29) is 17.4 Å². The van der Waals surface area contributed by atoms with Crippen molar-refractivity contribution in [2.24, 2.45) is 0 Å². The first-order valence-corrected chi connectivity index (χ1v) is 9.32. The summed E-state index contributed by atoms with van der Waals surface area (Å²) in [6.45, 7) is 3.31. The van der Waals surface area contributed by atoms with Crippen molar-refractivity contribution in [2.45, 2.75) is 31.9 Å². The van der Waals surface area contributed by atoms with Gasteiger partial charge in [0.1, 0.15) is 5.75 Å². The highest BCUT2D eigenvalue weighted by Crippen LogP contribution is 2.27. The lowest BCUT2D eigenvalue weighted by molar-refractivity contribution is -0.128. The van der Waals surface area contributed by atoms with Gasteiger partial charge >= 0.3 is 0 Å². The van der Waals surface area contributed by atoms with Crippen LogP contribution in [-0.2, 0) is 14.6 Å². The fraction of sp³-hybridized carbons (Fsp3) is 0.500. The minimum absolute atomic E-state index is 0.0504. The zero-order chi connectivity index (χ0) is 16.5. The Kier molecular flexibility index (Phi) is 4.94. The molecule has 1 heterocycles. The van der Waals surface area contributed by atoms with Crippen LogP contribution >= 0.6 is 23.2 Å². The highest BCUT2D eigenvalue weighted by molar-refractivity contribution is 7.91. The molecule has 2 unspecified atom stereocenters. The highest BCUT2D eigenvalue weighted by atomic mass is 35.5. The van der Waals surface area contributed by atoms with Crippen LogP contribution in [0.1, 0.15) is 20.3 Å². The first kappa shape index (κ1) is 17.4. The van der Waals surface area contributed by atoms with E-state index < -0.39 is 21.5 Å². The van der Waals surface area contributed by atoms with Crippen LogP contribution in [0.25, 0.3) is 0 Å². The smallest absolute Gasteiger partial charge is 0.261 e. The van der Waals surface area contributed by atoms with Crippen molar-refractivity contribution < 1.29 is 17.9 Å². The number of nitrogens with one attached hydrogen (secondary N) is 1. The Balaban J connectivity index is 1.99. The maximum absolute atomic E-state index is 12.2. The fourth-order valence-corrected chi connectivity index (χ4v) is 4.70. The van der Waals surface area contributed by atoms with Crippen molar-refractivity contribution in [1.29, 1.82) is 0 Å². The van der Waals surface area contributed by atoms with E-state index >= 15 is 0 Å². The Hall–Kier alpha value is -0.980. The van der Waals surface area contributed by atoms with Gasteiger partial charge in [-0.05, 0) is 32.4 Å². The first-order chi connectivity index (χ1) is 10.1. The predicted molar refractivity (Wildman–Crippen MR) is 86.4 cm³/mol. The molecule has 0 saturated carbocycles. The lowest BCUT2D eigenvalue weighted by atomic mass is 10.0. The number of carbonyl (C=O) groups is 1. The third-order valence-corrected chi connectivity index (χ3v) is 6.14. The summed E-state index contributed by atoms with van der Waals surface area (Å²) in [5.74, 6) is 0.0868. The Morgan fingerprint density at radius 1 is 1.36 bits per heavy atom. The predicted octanol–water partition coefficient (Wildman–Crippen LogP) is 2.45. The number of halogens is 2. The van der Waals surface area contributed by atoms with E-state index in [9.17, 15) is 13.2 Å². The normalized spacial score (nSPS) is 24.7. The third kappa shape index (κ3) is 4.27. The van der Waals surface area contributed by atoms with E-state index in [0.29, 0.717) is 22.2 Å². The van der Waals surface area contributed by atoms with Crippen LogP contribution in [0.4, 0.5) is 0 Å². The number of benzene rings is 1. The number of sulfone groups is 1. The third-order valence-electron chi connectivity index (χ3n) is 3.50. The van der Waals surface area contributed by atoms with E-state index in [1.165, 1.54) is 6.07 Å². The van der Waals surface area contributed by atoms with Crippen molar-refractivity contribution in [3.63, 3.8) is 0 Å².